The van der Waals surface area contributed by atoms with Gasteiger partial charge < -0.3 is 16.0 Å². The zero-order chi connectivity index (χ0) is 14.9. The molecule has 1 saturated heterocycles. The van der Waals surface area contributed by atoms with Crippen LogP contribution in [0.1, 0.15) is 18.4 Å². The van der Waals surface area contributed by atoms with Crippen LogP contribution in [0, 0.1) is 0 Å². The molecular formula is C13H16F3N3O. The Kier molecular flexibility index (Phi) is 3.78. The quantitative estimate of drug-likeness (QED) is 0.821. The van der Waals surface area contributed by atoms with E-state index in [9.17, 15) is 18.0 Å². The van der Waals surface area contributed by atoms with Gasteiger partial charge in [0.25, 0.3) is 0 Å². The molecule has 1 fully saturated rings. The Morgan fingerprint density at radius 1 is 1.40 bits per heavy atom. The molecule has 0 aromatic heterocycles. The molecule has 4 nitrogen and oxygen atoms in total. The van der Waals surface area contributed by atoms with Crippen molar-refractivity contribution in [3.05, 3.63) is 23.8 Å². The summed E-state index contributed by atoms with van der Waals surface area (Å²) < 4.78 is 38.3. The van der Waals surface area contributed by atoms with Crippen molar-refractivity contribution < 1.29 is 18.0 Å². The number of hydrogen-bond donors (Lipinski definition) is 2. The monoisotopic (exact) mass is 287 g/mol. The number of rotatable bonds is 2. The molecular weight excluding hydrogens is 271 g/mol. The molecule has 20 heavy (non-hydrogen) atoms. The number of likely N-dealkylation sites (N-methyl/N-ethyl adjacent to an activating group) is 1. The van der Waals surface area contributed by atoms with E-state index in [1.54, 1.807) is 11.9 Å². The van der Waals surface area contributed by atoms with E-state index in [-0.39, 0.29) is 17.6 Å². The number of benzene rings is 1. The van der Waals surface area contributed by atoms with E-state index >= 15 is 0 Å². The number of carbonyl (C=O) groups is 1. The molecule has 0 saturated carbocycles. The summed E-state index contributed by atoms with van der Waals surface area (Å²) in [6.45, 7) is 0.477. The molecule has 1 amide bonds. The maximum Gasteiger partial charge on any atom is 0.418 e. The van der Waals surface area contributed by atoms with Crippen LogP contribution in [0.3, 0.4) is 0 Å². The lowest BCUT2D eigenvalue weighted by atomic mass is 10.0. The van der Waals surface area contributed by atoms with Gasteiger partial charge in [-0.15, -0.1) is 0 Å². The predicted molar refractivity (Wildman–Crippen MR) is 70.1 cm³/mol. The molecule has 2 rings (SSSR count). The van der Waals surface area contributed by atoms with Crippen LogP contribution < -0.4 is 11.1 Å². The van der Waals surface area contributed by atoms with E-state index in [0.717, 1.165) is 6.07 Å². The third-order valence-corrected chi connectivity index (χ3v) is 3.36. The largest absolute Gasteiger partial charge is 0.418 e. The number of nitrogens with one attached hydrogen (secondary N) is 1. The molecule has 3 N–H and O–H groups in total. The van der Waals surface area contributed by atoms with Gasteiger partial charge >= 0.3 is 6.18 Å². The van der Waals surface area contributed by atoms with E-state index in [1.807, 2.05) is 0 Å². The minimum atomic E-state index is -4.47. The van der Waals surface area contributed by atoms with Crippen LogP contribution >= 0.6 is 0 Å². The van der Waals surface area contributed by atoms with Crippen molar-refractivity contribution in [3.63, 3.8) is 0 Å². The van der Waals surface area contributed by atoms with Crippen LogP contribution in [-0.2, 0) is 11.0 Å². The first-order chi connectivity index (χ1) is 9.27. The average Bonchev–Trinajstić information content (AvgIpc) is 2.35. The van der Waals surface area contributed by atoms with E-state index < -0.39 is 11.7 Å². The first kappa shape index (κ1) is 14.5. The maximum absolute atomic E-state index is 12.8. The summed E-state index contributed by atoms with van der Waals surface area (Å²) in [5.74, 6) is 0.0522. The number of nitrogens with zero attached hydrogens (tertiary/aromatic N) is 1. The second-order valence-corrected chi connectivity index (χ2v) is 4.95. The summed E-state index contributed by atoms with van der Waals surface area (Å²) in [6.07, 6.45) is -3.47. The minimum Gasteiger partial charge on any atom is -0.398 e. The molecule has 0 spiro atoms. The van der Waals surface area contributed by atoms with Gasteiger partial charge in [0.05, 0.1) is 5.56 Å². The molecule has 1 aliphatic rings. The highest BCUT2D eigenvalue weighted by molar-refractivity contribution is 5.77. The second-order valence-electron chi connectivity index (χ2n) is 4.95. The Balaban J connectivity index is 2.12. The van der Waals surface area contributed by atoms with Crippen molar-refractivity contribution in [2.24, 2.45) is 0 Å². The molecule has 1 heterocycles. The van der Waals surface area contributed by atoms with Gasteiger partial charge in [-0.05, 0) is 24.6 Å². The van der Waals surface area contributed by atoms with Crippen LogP contribution in [0.15, 0.2) is 18.2 Å². The summed E-state index contributed by atoms with van der Waals surface area (Å²) in [4.78, 5) is 12.9. The summed E-state index contributed by atoms with van der Waals surface area (Å²) in [5, 5.41) is 3.02. The van der Waals surface area contributed by atoms with Crippen LogP contribution in [-0.4, -0.2) is 30.4 Å². The van der Waals surface area contributed by atoms with Gasteiger partial charge in [-0.25, -0.2) is 0 Å². The van der Waals surface area contributed by atoms with Gasteiger partial charge in [-0.3, -0.25) is 4.79 Å². The van der Waals surface area contributed by atoms with Crippen molar-refractivity contribution in [2.75, 3.05) is 24.6 Å². The first-order valence-electron chi connectivity index (χ1n) is 6.24. The van der Waals surface area contributed by atoms with Gasteiger partial charge in [-0.1, -0.05) is 0 Å². The van der Waals surface area contributed by atoms with Crippen molar-refractivity contribution in [2.45, 2.75) is 25.1 Å². The summed E-state index contributed by atoms with van der Waals surface area (Å²) in [5.41, 5.74) is 4.57. The molecule has 1 aromatic rings. The fourth-order valence-corrected chi connectivity index (χ4v) is 2.26. The van der Waals surface area contributed by atoms with Gasteiger partial charge in [0.15, 0.2) is 0 Å². The number of piperidine rings is 1. The van der Waals surface area contributed by atoms with Crippen LogP contribution in [0.25, 0.3) is 0 Å². The number of amides is 1. The highest BCUT2D eigenvalue weighted by Crippen LogP contribution is 2.35. The molecule has 1 unspecified atom stereocenters. The van der Waals surface area contributed by atoms with Gasteiger partial charge in [0.2, 0.25) is 5.91 Å². The zero-order valence-corrected chi connectivity index (χ0v) is 11.0. The molecule has 1 aromatic carbocycles. The first-order valence-corrected chi connectivity index (χ1v) is 6.24. The second kappa shape index (κ2) is 5.22. The normalized spacial score (nSPS) is 20.1. The molecule has 0 aliphatic carbocycles. The number of carbonyl (C=O) groups excluding carboxylic acids is 1. The van der Waals surface area contributed by atoms with Crippen molar-refractivity contribution >= 4 is 17.3 Å². The lowest BCUT2D eigenvalue weighted by Gasteiger charge is -2.31. The third-order valence-electron chi connectivity index (χ3n) is 3.36. The minimum absolute atomic E-state index is 0.0522. The number of alkyl halides is 3. The molecule has 0 bridgehead atoms. The smallest absolute Gasteiger partial charge is 0.398 e. The Morgan fingerprint density at radius 3 is 2.70 bits per heavy atom. The molecule has 7 heteroatoms. The number of anilines is 2. The standard InChI is InChI=1S/C13H16F3N3O/c1-19-7-9(3-5-12(19)20)18-8-2-4-11(17)10(6-8)13(14,15)16/h2,4,6,9,18H,3,5,7,17H2,1H3. The topological polar surface area (TPSA) is 58.4 Å². The van der Waals surface area contributed by atoms with E-state index in [2.05, 4.69) is 5.32 Å². The number of hydrogen-bond acceptors (Lipinski definition) is 3. The summed E-state index contributed by atoms with van der Waals surface area (Å²) in [7, 11) is 1.68. The highest BCUT2D eigenvalue weighted by atomic mass is 19.4. The van der Waals surface area contributed by atoms with Crippen LogP contribution in [0.5, 0.6) is 0 Å². The number of nitrogens with two attached hydrogens (primary N) is 1. The molecule has 110 valence electrons. The average molecular weight is 287 g/mol. The Hall–Kier alpha value is -1.92. The number of halogens is 3. The number of likely N-dealkylation sites (tertiary alicyclic amines) is 1. The summed E-state index contributed by atoms with van der Waals surface area (Å²) in [6, 6.07) is 3.71. The van der Waals surface area contributed by atoms with Crippen LogP contribution in [0.4, 0.5) is 24.5 Å². The van der Waals surface area contributed by atoms with Gasteiger partial charge in [0, 0.05) is 37.4 Å². The summed E-state index contributed by atoms with van der Waals surface area (Å²) >= 11 is 0. The van der Waals surface area contributed by atoms with Crippen molar-refractivity contribution in [3.8, 4) is 0 Å². The van der Waals surface area contributed by atoms with Gasteiger partial charge in [-0.2, -0.15) is 13.2 Å². The highest BCUT2D eigenvalue weighted by Gasteiger charge is 2.33. The lowest BCUT2D eigenvalue weighted by Crippen LogP contribution is -2.43. The van der Waals surface area contributed by atoms with Crippen molar-refractivity contribution in [1.29, 1.82) is 0 Å². The Morgan fingerprint density at radius 2 is 2.10 bits per heavy atom. The predicted octanol–water partition coefficient (Wildman–Crippen LogP) is 2.32. The van der Waals surface area contributed by atoms with Crippen LogP contribution in [0.2, 0.25) is 0 Å². The fourth-order valence-electron chi connectivity index (χ4n) is 2.26. The van der Waals surface area contributed by atoms with E-state index in [0.29, 0.717) is 25.1 Å². The SMILES string of the molecule is CN1CC(Nc2ccc(N)c(C(F)(F)F)c2)CCC1=O. The van der Waals surface area contributed by atoms with E-state index in [1.165, 1.54) is 12.1 Å². The third kappa shape index (κ3) is 3.15. The number of nitrogen functional groups attached to an aromatic ring is 1. The maximum atomic E-state index is 12.8. The molecule has 0 radical (unpaired) electrons. The Labute approximate surface area is 114 Å². The zero-order valence-electron chi connectivity index (χ0n) is 11.0. The molecule has 1 atom stereocenters. The van der Waals surface area contributed by atoms with Gasteiger partial charge in [0.1, 0.15) is 0 Å². The molecule has 1 aliphatic heterocycles. The van der Waals surface area contributed by atoms with E-state index in [4.69, 9.17) is 5.73 Å². The van der Waals surface area contributed by atoms with Crippen molar-refractivity contribution in [1.82, 2.24) is 4.90 Å². The fraction of sp³-hybridized carbons (Fsp3) is 0.462. The Bertz CT molecular complexity index is 516. The lowest BCUT2D eigenvalue weighted by molar-refractivity contribution is -0.136.